The van der Waals surface area contributed by atoms with Crippen LogP contribution >= 0.6 is 0 Å². The van der Waals surface area contributed by atoms with Crippen molar-refractivity contribution in [3.05, 3.63) is 11.1 Å². The molecule has 0 radical (unpaired) electrons. The van der Waals surface area contributed by atoms with E-state index < -0.39 is 23.4 Å². The fourth-order valence-electron chi connectivity index (χ4n) is 8.38. The standard InChI is InChI=1S/C27H44O5/c1-24(2,31)10-6-11-27(5,32)23-8-7-17-16-13-20(28)19-14-21(29)22(30)15-26(19,4)18(16)9-12-25(17,23)3/h18-19,21-23,29-32H,6-15H2,1-5H3/t18?,19-,21?,22?,23?,25?,26?,27+/m1/s1. The molecule has 4 aliphatic carbocycles. The zero-order valence-electron chi connectivity index (χ0n) is 20.7. The summed E-state index contributed by atoms with van der Waals surface area (Å²) in [6.07, 6.45) is 5.78. The minimum absolute atomic E-state index is 0.0969. The van der Waals surface area contributed by atoms with E-state index >= 15 is 0 Å². The van der Waals surface area contributed by atoms with Gasteiger partial charge in [0.25, 0.3) is 0 Å². The molecule has 5 heteroatoms. The van der Waals surface area contributed by atoms with Gasteiger partial charge in [0.05, 0.1) is 23.4 Å². The number of rotatable bonds is 5. The number of carbonyl (C=O) groups excluding carboxylic acids is 1. The summed E-state index contributed by atoms with van der Waals surface area (Å²) in [4.78, 5) is 13.2. The van der Waals surface area contributed by atoms with Gasteiger partial charge in [-0.3, -0.25) is 4.79 Å². The fourth-order valence-corrected chi connectivity index (χ4v) is 8.38. The summed E-state index contributed by atoms with van der Waals surface area (Å²) in [7, 11) is 0. The highest BCUT2D eigenvalue weighted by Crippen LogP contribution is 2.65. The van der Waals surface area contributed by atoms with E-state index in [0.29, 0.717) is 32.1 Å². The topological polar surface area (TPSA) is 98.0 Å². The summed E-state index contributed by atoms with van der Waals surface area (Å²) in [5.41, 5.74) is 0.792. The van der Waals surface area contributed by atoms with Crippen molar-refractivity contribution in [3.8, 4) is 0 Å². The van der Waals surface area contributed by atoms with Crippen molar-refractivity contribution in [3.63, 3.8) is 0 Å². The highest BCUT2D eigenvalue weighted by Gasteiger charge is 2.60. The van der Waals surface area contributed by atoms with Gasteiger partial charge in [-0.15, -0.1) is 0 Å². The number of ketones is 1. The highest BCUT2D eigenvalue weighted by atomic mass is 16.3. The van der Waals surface area contributed by atoms with Gasteiger partial charge >= 0.3 is 0 Å². The second-order valence-electron chi connectivity index (χ2n) is 12.9. The van der Waals surface area contributed by atoms with Gasteiger partial charge in [0.2, 0.25) is 0 Å². The van der Waals surface area contributed by atoms with Gasteiger partial charge < -0.3 is 20.4 Å². The lowest BCUT2D eigenvalue weighted by molar-refractivity contribution is -0.148. The Morgan fingerprint density at radius 2 is 1.69 bits per heavy atom. The van der Waals surface area contributed by atoms with E-state index in [0.717, 1.165) is 32.1 Å². The molecule has 0 aliphatic heterocycles. The Balaban J connectivity index is 1.61. The summed E-state index contributed by atoms with van der Waals surface area (Å²) in [5.74, 6) is 0.498. The van der Waals surface area contributed by atoms with Gasteiger partial charge in [-0.2, -0.15) is 0 Å². The molecule has 32 heavy (non-hydrogen) atoms. The van der Waals surface area contributed by atoms with Crippen LogP contribution in [0.2, 0.25) is 0 Å². The molecule has 0 aromatic carbocycles. The maximum Gasteiger partial charge on any atom is 0.140 e. The molecule has 0 amide bonds. The number of carbonyl (C=O) groups is 1. The molecule has 4 aliphatic rings. The Bertz CT molecular complexity index is 792. The molecule has 3 fully saturated rings. The van der Waals surface area contributed by atoms with E-state index in [1.54, 1.807) is 0 Å². The number of hydrogen-bond donors (Lipinski definition) is 4. The Kier molecular flexibility index (Phi) is 6.02. The van der Waals surface area contributed by atoms with Crippen molar-refractivity contribution in [2.24, 2.45) is 28.6 Å². The van der Waals surface area contributed by atoms with E-state index in [-0.39, 0.29) is 34.4 Å². The fraction of sp³-hybridized carbons (Fsp3) is 0.889. The Morgan fingerprint density at radius 3 is 2.34 bits per heavy atom. The predicted octanol–water partition coefficient (Wildman–Crippen LogP) is 3.91. The second-order valence-corrected chi connectivity index (χ2v) is 12.9. The minimum Gasteiger partial charge on any atom is -0.390 e. The van der Waals surface area contributed by atoms with E-state index in [1.807, 2.05) is 20.8 Å². The lowest BCUT2D eigenvalue weighted by Crippen LogP contribution is -2.56. The van der Waals surface area contributed by atoms with Crippen molar-refractivity contribution in [1.29, 1.82) is 0 Å². The minimum atomic E-state index is -0.800. The molecular weight excluding hydrogens is 404 g/mol. The van der Waals surface area contributed by atoms with Crippen LogP contribution in [-0.2, 0) is 4.79 Å². The molecule has 0 spiro atoms. The lowest BCUT2D eigenvalue weighted by Gasteiger charge is -2.57. The Morgan fingerprint density at radius 1 is 1.00 bits per heavy atom. The molecular formula is C27H44O5. The molecule has 0 saturated heterocycles. The number of aliphatic hydroxyl groups is 4. The van der Waals surface area contributed by atoms with Crippen LogP contribution in [0, 0.1) is 28.6 Å². The van der Waals surface area contributed by atoms with E-state index in [2.05, 4.69) is 13.8 Å². The Labute approximate surface area is 193 Å². The highest BCUT2D eigenvalue weighted by molar-refractivity contribution is 5.86. The summed E-state index contributed by atoms with van der Waals surface area (Å²) >= 11 is 0. The third-order valence-electron chi connectivity index (χ3n) is 10.0. The quantitative estimate of drug-likeness (QED) is 0.478. The van der Waals surface area contributed by atoms with E-state index in [9.17, 15) is 25.2 Å². The van der Waals surface area contributed by atoms with Gasteiger partial charge in [-0.1, -0.05) is 25.0 Å². The van der Waals surface area contributed by atoms with Crippen LogP contribution in [0.5, 0.6) is 0 Å². The van der Waals surface area contributed by atoms with Gasteiger partial charge in [0.15, 0.2) is 0 Å². The van der Waals surface area contributed by atoms with Crippen LogP contribution in [0.1, 0.15) is 98.8 Å². The average Bonchev–Trinajstić information content (AvgIpc) is 3.01. The van der Waals surface area contributed by atoms with Crippen molar-refractivity contribution < 1.29 is 25.2 Å². The Hall–Kier alpha value is -0.750. The summed E-state index contributed by atoms with van der Waals surface area (Å²) in [5, 5.41) is 42.3. The van der Waals surface area contributed by atoms with Crippen LogP contribution in [0.25, 0.3) is 0 Å². The molecule has 5 nitrogen and oxygen atoms in total. The first-order valence-corrected chi connectivity index (χ1v) is 12.7. The van der Waals surface area contributed by atoms with Crippen molar-refractivity contribution in [2.45, 2.75) is 122 Å². The monoisotopic (exact) mass is 448 g/mol. The predicted molar refractivity (Wildman–Crippen MR) is 124 cm³/mol. The lowest BCUT2D eigenvalue weighted by atomic mass is 9.48. The van der Waals surface area contributed by atoms with Crippen molar-refractivity contribution in [2.75, 3.05) is 0 Å². The maximum atomic E-state index is 13.2. The zero-order valence-corrected chi connectivity index (χ0v) is 20.7. The first-order chi connectivity index (χ1) is 14.7. The number of allylic oxidation sites excluding steroid dienone is 2. The smallest absolute Gasteiger partial charge is 0.140 e. The van der Waals surface area contributed by atoms with Crippen LogP contribution in [-0.4, -0.2) is 49.6 Å². The molecule has 182 valence electrons. The SMILES string of the molecule is CC(C)(O)CCC[C@](C)(O)C1CCC2=C3CC(=O)[C@H]4CC(O)C(O)CC4(C)C3CCC21C. The number of fused-ring (bicyclic) bond motifs is 4. The molecule has 8 atom stereocenters. The second kappa shape index (κ2) is 7.90. The molecule has 4 N–H and O–H groups in total. The normalized spacial score (nSPS) is 44.0. The van der Waals surface area contributed by atoms with Gasteiger partial charge in [-0.25, -0.2) is 0 Å². The molecule has 3 saturated carbocycles. The van der Waals surface area contributed by atoms with Crippen LogP contribution < -0.4 is 0 Å². The van der Waals surface area contributed by atoms with Gasteiger partial charge in [0.1, 0.15) is 5.78 Å². The molecule has 6 unspecified atom stereocenters. The molecule has 0 aromatic heterocycles. The van der Waals surface area contributed by atoms with Crippen molar-refractivity contribution in [1.82, 2.24) is 0 Å². The number of hydrogen-bond acceptors (Lipinski definition) is 5. The summed E-state index contributed by atoms with van der Waals surface area (Å²) in [6, 6.07) is 0. The van der Waals surface area contributed by atoms with E-state index in [4.69, 9.17) is 0 Å². The largest absolute Gasteiger partial charge is 0.390 e. The average molecular weight is 449 g/mol. The molecule has 0 aromatic rings. The van der Waals surface area contributed by atoms with Crippen molar-refractivity contribution >= 4 is 5.78 Å². The van der Waals surface area contributed by atoms with Crippen LogP contribution in [0.15, 0.2) is 11.1 Å². The summed E-state index contributed by atoms with van der Waals surface area (Å²) in [6.45, 7) is 10.1. The summed E-state index contributed by atoms with van der Waals surface area (Å²) < 4.78 is 0. The zero-order chi connectivity index (χ0) is 23.7. The first-order valence-electron chi connectivity index (χ1n) is 12.7. The van der Waals surface area contributed by atoms with Gasteiger partial charge in [0, 0.05) is 12.3 Å². The van der Waals surface area contributed by atoms with Gasteiger partial charge in [-0.05, 0) is 101 Å². The number of Topliss-reactive ketones (excluding diaryl/α,β-unsaturated/α-hetero) is 1. The molecule has 0 heterocycles. The third kappa shape index (κ3) is 3.91. The van der Waals surface area contributed by atoms with E-state index in [1.165, 1.54) is 11.1 Å². The van der Waals surface area contributed by atoms with Crippen LogP contribution in [0.3, 0.4) is 0 Å². The third-order valence-corrected chi connectivity index (χ3v) is 10.0. The number of aliphatic hydroxyl groups excluding tert-OH is 2. The first kappa shape index (κ1) is 24.4. The molecule has 4 rings (SSSR count). The molecule has 0 bridgehead atoms. The van der Waals surface area contributed by atoms with Crippen LogP contribution in [0.4, 0.5) is 0 Å². The maximum absolute atomic E-state index is 13.2.